The Kier molecular flexibility index (Phi) is 4.77. The molecule has 142 valence electrons. The van der Waals surface area contributed by atoms with Gasteiger partial charge in [0.15, 0.2) is 11.5 Å². The maximum atomic E-state index is 13.5. The van der Waals surface area contributed by atoms with Crippen LogP contribution in [0, 0.1) is 0 Å². The molecular formula is C22H26N2O3. The van der Waals surface area contributed by atoms with Crippen LogP contribution in [0.4, 0.5) is 0 Å². The number of carbonyl (C=O) groups is 1. The van der Waals surface area contributed by atoms with Crippen molar-refractivity contribution >= 4 is 5.91 Å². The molecule has 0 unspecified atom stereocenters. The lowest BCUT2D eigenvalue weighted by Gasteiger charge is -2.44. The third-order valence-corrected chi connectivity index (χ3v) is 6.15. The highest BCUT2D eigenvalue weighted by molar-refractivity contribution is 5.89. The van der Waals surface area contributed by atoms with Crippen LogP contribution in [0.25, 0.3) is 0 Å². The third-order valence-electron chi connectivity index (χ3n) is 6.15. The molecule has 2 fully saturated rings. The highest BCUT2D eigenvalue weighted by Gasteiger charge is 2.48. The van der Waals surface area contributed by atoms with E-state index in [4.69, 9.17) is 9.47 Å². The average Bonchev–Trinajstić information content (AvgIpc) is 3.18. The molecule has 1 aliphatic heterocycles. The van der Waals surface area contributed by atoms with Crippen molar-refractivity contribution in [1.29, 1.82) is 0 Å². The highest BCUT2D eigenvalue weighted by atomic mass is 16.5. The van der Waals surface area contributed by atoms with Crippen LogP contribution < -0.4 is 9.47 Å². The van der Waals surface area contributed by atoms with Gasteiger partial charge in [0.05, 0.1) is 19.6 Å². The van der Waals surface area contributed by atoms with E-state index >= 15 is 0 Å². The number of amides is 1. The van der Waals surface area contributed by atoms with Gasteiger partial charge < -0.3 is 14.4 Å². The van der Waals surface area contributed by atoms with Crippen molar-refractivity contribution in [2.24, 2.45) is 0 Å². The van der Waals surface area contributed by atoms with Crippen molar-refractivity contribution in [1.82, 2.24) is 9.88 Å². The summed E-state index contributed by atoms with van der Waals surface area (Å²) in [6, 6.07) is 10.0. The molecule has 1 aromatic carbocycles. The lowest BCUT2D eigenvalue weighted by Crippen LogP contribution is -2.55. The number of likely N-dealkylation sites (tertiary alicyclic amines) is 1. The normalized spacial score (nSPS) is 18.8. The number of methoxy groups -OCH3 is 2. The quantitative estimate of drug-likeness (QED) is 0.812. The molecule has 1 amide bonds. The zero-order valence-corrected chi connectivity index (χ0v) is 16.0. The predicted molar refractivity (Wildman–Crippen MR) is 103 cm³/mol. The molecule has 27 heavy (non-hydrogen) atoms. The zero-order valence-electron chi connectivity index (χ0n) is 16.0. The van der Waals surface area contributed by atoms with Crippen molar-refractivity contribution in [2.75, 3.05) is 27.3 Å². The topological polar surface area (TPSA) is 51.7 Å². The molecule has 4 rings (SSSR count). The van der Waals surface area contributed by atoms with E-state index in [2.05, 4.69) is 4.98 Å². The number of benzene rings is 1. The van der Waals surface area contributed by atoms with E-state index < -0.39 is 5.41 Å². The Morgan fingerprint density at radius 2 is 1.70 bits per heavy atom. The monoisotopic (exact) mass is 366 g/mol. The van der Waals surface area contributed by atoms with E-state index in [0.29, 0.717) is 17.4 Å². The Morgan fingerprint density at radius 3 is 2.33 bits per heavy atom. The summed E-state index contributed by atoms with van der Waals surface area (Å²) < 4.78 is 10.8. The number of carbonyl (C=O) groups excluding carboxylic acids is 1. The van der Waals surface area contributed by atoms with Gasteiger partial charge in [0, 0.05) is 31.4 Å². The minimum atomic E-state index is -0.428. The molecule has 0 bridgehead atoms. The van der Waals surface area contributed by atoms with Gasteiger partial charge in [-0.05, 0) is 48.2 Å². The van der Waals surface area contributed by atoms with Crippen LogP contribution in [-0.4, -0.2) is 43.1 Å². The number of aromatic nitrogens is 1. The molecular weight excluding hydrogens is 340 g/mol. The second-order valence-electron chi connectivity index (χ2n) is 7.55. The van der Waals surface area contributed by atoms with Crippen LogP contribution in [0.3, 0.4) is 0 Å². The molecule has 5 nitrogen and oxygen atoms in total. The Labute approximate surface area is 160 Å². The van der Waals surface area contributed by atoms with Gasteiger partial charge in [-0.25, -0.2) is 0 Å². The molecule has 0 spiro atoms. The Morgan fingerprint density at radius 1 is 1.04 bits per heavy atom. The maximum Gasteiger partial charge on any atom is 0.233 e. The second-order valence-corrected chi connectivity index (χ2v) is 7.55. The summed E-state index contributed by atoms with van der Waals surface area (Å²) in [5, 5.41) is 0. The molecule has 1 saturated heterocycles. The van der Waals surface area contributed by atoms with Gasteiger partial charge >= 0.3 is 0 Å². The second kappa shape index (κ2) is 7.22. The van der Waals surface area contributed by atoms with E-state index in [-0.39, 0.29) is 5.91 Å². The van der Waals surface area contributed by atoms with Crippen LogP contribution in [-0.2, 0) is 10.2 Å². The molecule has 2 aliphatic rings. The first-order valence-electron chi connectivity index (χ1n) is 9.60. The van der Waals surface area contributed by atoms with Gasteiger partial charge in [-0.1, -0.05) is 18.9 Å². The minimum absolute atomic E-state index is 0.262. The van der Waals surface area contributed by atoms with E-state index in [0.717, 1.165) is 44.3 Å². The number of hydrogen-bond donors (Lipinski definition) is 0. The molecule has 0 atom stereocenters. The molecule has 5 heteroatoms. The summed E-state index contributed by atoms with van der Waals surface area (Å²) in [6.07, 6.45) is 7.61. The largest absolute Gasteiger partial charge is 0.493 e. The maximum absolute atomic E-state index is 13.5. The summed E-state index contributed by atoms with van der Waals surface area (Å²) in [5.41, 5.74) is 1.89. The first-order valence-corrected chi connectivity index (χ1v) is 9.60. The Balaban J connectivity index is 1.57. The zero-order chi connectivity index (χ0) is 18.9. The van der Waals surface area contributed by atoms with Crippen molar-refractivity contribution < 1.29 is 14.3 Å². The summed E-state index contributed by atoms with van der Waals surface area (Å²) in [5.74, 6) is 2.06. The average molecular weight is 366 g/mol. The van der Waals surface area contributed by atoms with Crippen molar-refractivity contribution in [3.8, 4) is 11.5 Å². The lowest BCUT2D eigenvalue weighted by molar-refractivity contribution is -0.142. The van der Waals surface area contributed by atoms with E-state index in [1.807, 2.05) is 47.6 Å². The minimum Gasteiger partial charge on any atom is -0.493 e. The Hall–Kier alpha value is -2.56. The predicted octanol–water partition coefficient (Wildman–Crippen LogP) is 3.54. The summed E-state index contributed by atoms with van der Waals surface area (Å²) in [4.78, 5) is 19.6. The molecule has 1 saturated carbocycles. The van der Waals surface area contributed by atoms with E-state index in [1.165, 1.54) is 5.56 Å². The first-order chi connectivity index (χ1) is 13.2. The third kappa shape index (κ3) is 3.05. The van der Waals surface area contributed by atoms with Crippen molar-refractivity contribution in [2.45, 2.75) is 37.0 Å². The number of hydrogen-bond acceptors (Lipinski definition) is 4. The summed E-state index contributed by atoms with van der Waals surface area (Å²) in [6.45, 7) is 1.58. The van der Waals surface area contributed by atoms with E-state index in [1.54, 1.807) is 14.2 Å². The van der Waals surface area contributed by atoms with Gasteiger partial charge in [-0.15, -0.1) is 0 Å². The molecule has 2 aromatic rings. The smallest absolute Gasteiger partial charge is 0.233 e. The summed E-state index contributed by atoms with van der Waals surface area (Å²) in [7, 11) is 3.27. The van der Waals surface area contributed by atoms with Crippen LogP contribution in [0.2, 0.25) is 0 Å². The van der Waals surface area contributed by atoms with Gasteiger partial charge in [-0.3, -0.25) is 9.78 Å². The van der Waals surface area contributed by atoms with Crippen LogP contribution >= 0.6 is 0 Å². The van der Waals surface area contributed by atoms with Crippen LogP contribution in [0.5, 0.6) is 11.5 Å². The molecule has 1 aromatic heterocycles. The van der Waals surface area contributed by atoms with Crippen LogP contribution in [0.15, 0.2) is 42.7 Å². The standard InChI is InChI=1S/C22H26N2O3/c1-26-19-6-5-18(13-20(19)27-2)22(9-3-4-10-22)21(25)24-14-17(15-24)16-7-11-23-12-8-16/h5-8,11-13,17H,3-4,9-10,14-15H2,1-2H3. The molecule has 2 heterocycles. The van der Waals surface area contributed by atoms with E-state index in [9.17, 15) is 4.79 Å². The fourth-order valence-electron chi connectivity index (χ4n) is 4.53. The van der Waals surface area contributed by atoms with Gasteiger partial charge in [0.25, 0.3) is 0 Å². The van der Waals surface area contributed by atoms with Gasteiger partial charge in [-0.2, -0.15) is 0 Å². The van der Waals surface area contributed by atoms with Crippen molar-refractivity contribution in [3.63, 3.8) is 0 Å². The van der Waals surface area contributed by atoms with Crippen molar-refractivity contribution in [3.05, 3.63) is 53.9 Å². The Bertz CT molecular complexity index is 810. The molecule has 1 aliphatic carbocycles. The summed E-state index contributed by atoms with van der Waals surface area (Å²) >= 11 is 0. The molecule has 0 radical (unpaired) electrons. The number of pyridine rings is 1. The number of nitrogens with zero attached hydrogens (tertiary/aromatic N) is 2. The fourth-order valence-corrected chi connectivity index (χ4v) is 4.53. The van der Waals surface area contributed by atoms with Crippen LogP contribution in [0.1, 0.15) is 42.7 Å². The number of rotatable bonds is 5. The molecule has 0 N–H and O–H groups in total. The first kappa shape index (κ1) is 17.8. The number of ether oxygens (including phenoxy) is 2. The van der Waals surface area contributed by atoms with Gasteiger partial charge in [0.2, 0.25) is 5.91 Å². The van der Waals surface area contributed by atoms with Gasteiger partial charge in [0.1, 0.15) is 0 Å². The highest BCUT2D eigenvalue weighted by Crippen LogP contribution is 2.46. The fraction of sp³-hybridized carbons (Fsp3) is 0.455. The SMILES string of the molecule is COc1ccc(C2(C(=O)N3CC(c4ccncc4)C3)CCCC2)cc1OC. The lowest BCUT2D eigenvalue weighted by atomic mass is 9.76.